The fourth-order valence-corrected chi connectivity index (χ4v) is 12.0. The van der Waals surface area contributed by atoms with Gasteiger partial charge in [-0.05, 0) is 145 Å². The molecule has 0 amide bonds. The van der Waals surface area contributed by atoms with E-state index in [1.807, 2.05) is 0 Å². The van der Waals surface area contributed by atoms with Crippen LogP contribution in [0.5, 0.6) is 0 Å². The molecule has 0 N–H and O–H groups in total. The molecule has 13 aromatic rings. The number of anilines is 3. The van der Waals surface area contributed by atoms with Crippen LogP contribution in [0.1, 0.15) is 22.3 Å². The van der Waals surface area contributed by atoms with Gasteiger partial charge in [0.25, 0.3) is 0 Å². The van der Waals surface area contributed by atoms with Crippen molar-refractivity contribution < 1.29 is 0 Å². The molecule has 2 nitrogen and oxygen atoms in total. The summed E-state index contributed by atoms with van der Waals surface area (Å²) in [5.41, 5.74) is 23.3. The second kappa shape index (κ2) is 18.4. The Morgan fingerprint density at radius 2 is 0.693 bits per heavy atom. The highest BCUT2D eigenvalue weighted by Gasteiger charge is 2.46. The molecule has 0 saturated heterocycles. The van der Waals surface area contributed by atoms with E-state index in [4.69, 9.17) is 0 Å². The summed E-state index contributed by atoms with van der Waals surface area (Å²) >= 11 is 0. The molecule has 0 spiro atoms. The second-order valence-electron chi connectivity index (χ2n) is 19.6. The molecule has 14 rings (SSSR count). The first-order valence-corrected chi connectivity index (χ1v) is 25.9. The zero-order chi connectivity index (χ0) is 49.7. The average molecular weight is 955 g/mol. The minimum Gasteiger partial charge on any atom is -0.310 e. The summed E-state index contributed by atoms with van der Waals surface area (Å²) in [5.74, 6) is 0. The number of hydrogen-bond acceptors (Lipinski definition) is 1. The number of rotatable bonds is 10. The number of aromatic nitrogens is 1. The summed E-state index contributed by atoms with van der Waals surface area (Å²) in [4.78, 5) is 2.42. The summed E-state index contributed by atoms with van der Waals surface area (Å²) in [7, 11) is 0. The number of fused-ring (bicyclic) bond motifs is 6. The smallest absolute Gasteiger partial charge is 0.0714 e. The third kappa shape index (κ3) is 7.49. The second-order valence-corrected chi connectivity index (χ2v) is 19.6. The van der Waals surface area contributed by atoms with Crippen LogP contribution in [0, 0.1) is 0 Å². The standard InChI is InChI=1S/C73H50N2/c1-5-19-51(20-6-1)53-35-40-61(41-36-53)74(64-44-46-66-65-31-13-15-33-69(65)73(70(66)50-64,59-26-9-3-10-27-59)60-28-11-4-12-29-60)62-42-37-54(38-43-62)55-23-17-24-56(47-55)58-39-45-68-67-32-14-16-34-71(67)75(72(68)49-58)63-30-18-25-57(48-63)52-21-7-2-8-22-52/h1-50H. The van der Waals surface area contributed by atoms with Crippen LogP contribution in [0.15, 0.2) is 303 Å². The normalized spacial score (nSPS) is 12.4. The Morgan fingerprint density at radius 1 is 0.253 bits per heavy atom. The van der Waals surface area contributed by atoms with E-state index >= 15 is 0 Å². The lowest BCUT2D eigenvalue weighted by Crippen LogP contribution is -2.28. The summed E-state index contributed by atoms with van der Waals surface area (Å²) in [6, 6.07) is 111. The molecule has 0 fully saturated rings. The van der Waals surface area contributed by atoms with Gasteiger partial charge in [-0.1, -0.05) is 237 Å². The van der Waals surface area contributed by atoms with Gasteiger partial charge in [0, 0.05) is 33.5 Å². The largest absolute Gasteiger partial charge is 0.310 e. The van der Waals surface area contributed by atoms with Crippen molar-refractivity contribution in [2.45, 2.75) is 5.41 Å². The molecule has 12 aromatic carbocycles. The first-order chi connectivity index (χ1) is 37.2. The Labute approximate surface area is 438 Å². The number of benzene rings is 12. The van der Waals surface area contributed by atoms with Crippen LogP contribution in [-0.4, -0.2) is 4.57 Å². The zero-order valence-electron chi connectivity index (χ0n) is 41.3. The predicted octanol–water partition coefficient (Wildman–Crippen LogP) is 19.3. The quantitative estimate of drug-likeness (QED) is 0.133. The highest BCUT2D eigenvalue weighted by atomic mass is 15.1. The average Bonchev–Trinajstić information content (AvgIpc) is 4.00. The lowest BCUT2D eigenvalue weighted by molar-refractivity contribution is 0.768. The van der Waals surface area contributed by atoms with E-state index in [0.717, 1.165) is 28.3 Å². The molecule has 75 heavy (non-hydrogen) atoms. The predicted molar refractivity (Wildman–Crippen MR) is 315 cm³/mol. The van der Waals surface area contributed by atoms with E-state index in [2.05, 4.69) is 313 Å². The van der Waals surface area contributed by atoms with Gasteiger partial charge in [0.1, 0.15) is 0 Å². The van der Waals surface area contributed by atoms with Crippen molar-refractivity contribution in [3.8, 4) is 61.3 Å². The van der Waals surface area contributed by atoms with Crippen molar-refractivity contribution in [3.63, 3.8) is 0 Å². The topological polar surface area (TPSA) is 8.17 Å². The molecule has 1 heterocycles. The van der Waals surface area contributed by atoms with E-state index in [9.17, 15) is 0 Å². The van der Waals surface area contributed by atoms with Crippen LogP contribution in [0.25, 0.3) is 83.1 Å². The van der Waals surface area contributed by atoms with Gasteiger partial charge in [-0.25, -0.2) is 0 Å². The maximum Gasteiger partial charge on any atom is 0.0714 e. The molecule has 0 atom stereocenters. The van der Waals surface area contributed by atoms with Crippen LogP contribution in [-0.2, 0) is 5.41 Å². The van der Waals surface area contributed by atoms with Gasteiger partial charge in [-0.3, -0.25) is 0 Å². The molecule has 0 saturated carbocycles. The number of hydrogen-bond donors (Lipinski definition) is 0. The van der Waals surface area contributed by atoms with Crippen LogP contribution >= 0.6 is 0 Å². The van der Waals surface area contributed by atoms with E-state index in [1.165, 1.54) is 94.1 Å². The Hall–Kier alpha value is -9.76. The van der Waals surface area contributed by atoms with Gasteiger partial charge in [-0.15, -0.1) is 0 Å². The van der Waals surface area contributed by atoms with Gasteiger partial charge in [-0.2, -0.15) is 0 Å². The first kappa shape index (κ1) is 44.0. The van der Waals surface area contributed by atoms with E-state index in [1.54, 1.807) is 0 Å². The molecule has 0 bridgehead atoms. The van der Waals surface area contributed by atoms with Crippen molar-refractivity contribution in [3.05, 3.63) is 326 Å². The molecule has 1 aliphatic carbocycles. The molecule has 0 aliphatic heterocycles. The van der Waals surface area contributed by atoms with Gasteiger partial charge >= 0.3 is 0 Å². The molecule has 0 radical (unpaired) electrons. The maximum absolute atomic E-state index is 2.45. The van der Waals surface area contributed by atoms with Gasteiger partial charge in [0.05, 0.1) is 16.4 Å². The third-order valence-electron chi connectivity index (χ3n) is 15.5. The Morgan fingerprint density at radius 3 is 1.36 bits per heavy atom. The number of nitrogens with zero attached hydrogens (tertiary/aromatic N) is 2. The molecule has 1 aromatic heterocycles. The van der Waals surface area contributed by atoms with Crippen LogP contribution in [0.4, 0.5) is 17.1 Å². The van der Waals surface area contributed by atoms with Crippen molar-refractivity contribution in [1.29, 1.82) is 0 Å². The summed E-state index contributed by atoms with van der Waals surface area (Å²) in [6.07, 6.45) is 0. The molecule has 352 valence electrons. The molecular weight excluding hydrogens is 905 g/mol. The summed E-state index contributed by atoms with van der Waals surface area (Å²) in [5, 5.41) is 2.49. The molecule has 1 aliphatic rings. The van der Waals surface area contributed by atoms with Crippen LogP contribution in [0.2, 0.25) is 0 Å². The molecule has 2 heteroatoms. The fourth-order valence-electron chi connectivity index (χ4n) is 12.0. The molecular formula is C73H50N2. The SMILES string of the molecule is c1ccc(-c2ccc(N(c3ccc(-c4cccc(-c5ccc6c7ccccc7n(-c7cccc(-c8ccccc8)c7)c6c5)c4)cc3)c3ccc4c(c3)C(c3ccccc3)(c3ccccc3)c3ccccc3-4)cc2)cc1. The van der Waals surface area contributed by atoms with Crippen molar-refractivity contribution in [2.24, 2.45) is 0 Å². The Bertz CT molecular complexity index is 4160. The highest BCUT2D eigenvalue weighted by molar-refractivity contribution is 6.10. The van der Waals surface area contributed by atoms with E-state index < -0.39 is 5.41 Å². The summed E-state index contributed by atoms with van der Waals surface area (Å²) in [6.45, 7) is 0. The minimum absolute atomic E-state index is 0.517. The maximum atomic E-state index is 2.45. The van der Waals surface area contributed by atoms with E-state index in [0.29, 0.717) is 0 Å². The van der Waals surface area contributed by atoms with Gasteiger partial charge in [0.2, 0.25) is 0 Å². The lowest BCUT2D eigenvalue weighted by Gasteiger charge is -2.35. The van der Waals surface area contributed by atoms with Crippen LogP contribution < -0.4 is 4.90 Å². The zero-order valence-corrected chi connectivity index (χ0v) is 41.3. The minimum atomic E-state index is -0.517. The van der Waals surface area contributed by atoms with Gasteiger partial charge in [0.15, 0.2) is 0 Å². The lowest BCUT2D eigenvalue weighted by atomic mass is 9.67. The summed E-state index contributed by atoms with van der Waals surface area (Å²) < 4.78 is 2.42. The van der Waals surface area contributed by atoms with Crippen molar-refractivity contribution >= 4 is 38.9 Å². The van der Waals surface area contributed by atoms with Gasteiger partial charge < -0.3 is 9.47 Å². The van der Waals surface area contributed by atoms with Crippen molar-refractivity contribution in [2.75, 3.05) is 4.90 Å². The molecule has 0 unspecified atom stereocenters. The number of para-hydroxylation sites is 1. The third-order valence-corrected chi connectivity index (χ3v) is 15.5. The van der Waals surface area contributed by atoms with Crippen LogP contribution in [0.3, 0.4) is 0 Å². The Kier molecular flexibility index (Phi) is 10.8. The van der Waals surface area contributed by atoms with Crippen molar-refractivity contribution in [1.82, 2.24) is 4.57 Å². The Balaban J connectivity index is 0.868. The van der Waals surface area contributed by atoms with E-state index in [-0.39, 0.29) is 0 Å². The monoisotopic (exact) mass is 954 g/mol. The highest BCUT2D eigenvalue weighted by Crippen LogP contribution is 2.57. The fraction of sp³-hybridized carbons (Fsp3) is 0.0137. The first-order valence-electron chi connectivity index (χ1n) is 25.9.